The van der Waals surface area contributed by atoms with E-state index in [0.717, 1.165) is 22.7 Å². The molecule has 0 saturated heterocycles. The van der Waals surface area contributed by atoms with Crippen molar-refractivity contribution in [2.24, 2.45) is 0 Å². The van der Waals surface area contributed by atoms with Gasteiger partial charge in [0.05, 0.1) is 11.0 Å². The van der Waals surface area contributed by atoms with Crippen LogP contribution in [0.5, 0.6) is 0 Å². The Morgan fingerprint density at radius 1 is 0.278 bits per heavy atom. The van der Waals surface area contributed by atoms with Crippen LogP contribution in [-0.2, 0) is 0 Å². The highest BCUT2D eigenvalue weighted by molar-refractivity contribution is 6.09. The molecule has 1 heterocycles. The first-order valence-electron chi connectivity index (χ1n) is 18.5. The summed E-state index contributed by atoms with van der Waals surface area (Å²) in [5.41, 5.74) is 14.0. The summed E-state index contributed by atoms with van der Waals surface area (Å²) in [6, 6.07) is 78.9. The van der Waals surface area contributed by atoms with Crippen molar-refractivity contribution in [3.8, 4) is 39.1 Å². The summed E-state index contributed by atoms with van der Waals surface area (Å²) < 4.78 is 2.39. The lowest BCUT2D eigenvalue weighted by Gasteiger charge is -2.27. The Balaban J connectivity index is 1.08. The van der Waals surface area contributed by atoms with Crippen molar-refractivity contribution in [2.45, 2.75) is 0 Å². The average Bonchev–Trinajstić information content (AvgIpc) is 3.59. The minimum absolute atomic E-state index is 1.09. The lowest BCUT2D eigenvalue weighted by atomic mass is 9.97. The van der Waals surface area contributed by atoms with Crippen LogP contribution >= 0.6 is 0 Å². The van der Waals surface area contributed by atoms with Gasteiger partial charge in [-0.25, -0.2) is 0 Å². The summed E-state index contributed by atoms with van der Waals surface area (Å²) in [5.74, 6) is 0. The Kier molecular flexibility index (Phi) is 7.85. The van der Waals surface area contributed by atoms with Gasteiger partial charge in [-0.05, 0) is 111 Å². The van der Waals surface area contributed by atoms with Crippen LogP contribution in [0.25, 0.3) is 71.6 Å². The molecule has 0 spiro atoms. The number of benzene rings is 9. The first kappa shape index (κ1) is 31.6. The molecular formula is C52H36N2. The zero-order valence-electron chi connectivity index (χ0n) is 29.7. The third-order valence-corrected chi connectivity index (χ3v) is 10.5. The molecule has 54 heavy (non-hydrogen) atoms. The molecule has 0 aliphatic heterocycles. The highest BCUT2D eigenvalue weighted by Crippen LogP contribution is 2.40. The van der Waals surface area contributed by atoms with Crippen LogP contribution in [-0.4, -0.2) is 4.57 Å². The van der Waals surface area contributed by atoms with Gasteiger partial charge in [0.1, 0.15) is 0 Å². The minimum atomic E-state index is 1.09. The van der Waals surface area contributed by atoms with Crippen LogP contribution in [0.3, 0.4) is 0 Å². The van der Waals surface area contributed by atoms with E-state index in [2.05, 4.69) is 228 Å². The van der Waals surface area contributed by atoms with Crippen LogP contribution in [0.2, 0.25) is 0 Å². The van der Waals surface area contributed by atoms with Gasteiger partial charge in [-0.15, -0.1) is 0 Å². The molecule has 10 rings (SSSR count). The smallest absolute Gasteiger partial charge is 0.0541 e. The van der Waals surface area contributed by atoms with Crippen molar-refractivity contribution in [1.82, 2.24) is 4.57 Å². The number of hydrogen-bond acceptors (Lipinski definition) is 1. The molecular weight excluding hydrogens is 653 g/mol. The van der Waals surface area contributed by atoms with E-state index in [1.54, 1.807) is 0 Å². The number of hydrogen-bond donors (Lipinski definition) is 0. The molecule has 2 nitrogen and oxygen atoms in total. The molecule has 0 aliphatic carbocycles. The van der Waals surface area contributed by atoms with Crippen LogP contribution in [0, 0.1) is 0 Å². The zero-order valence-corrected chi connectivity index (χ0v) is 29.7. The maximum absolute atomic E-state index is 2.39. The highest BCUT2D eigenvalue weighted by Gasteiger charge is 2.17. The van der Waals surface area contributed by atoms with Gasteiger partial charge in [0, 0.05) is 33.5 Å². The topological polar surface area (TPSA) is 8.17 Å². The van der Waals surface area contributed by atoms with Gasteiger partial charge in [-0.1, -0.05) is 152 Å². The second kappa shape index (κ2) is 13.4. The molecule has 10 aromatic rings. The third-order valence-electron chi connectivity index (χ3n) is 10.5. The molecule has 0 atom stereocenters. The van der Waals surface area contributed by atoms with Crippen molar-refractivity contribution in [3.63, 3.8) is 0 Å². The monoisotopic (exact) mass is 688 g/mol. The third kappa shape index (κ3) is 5.71. The zero-order chi connectivity index (χ0) is 35.8. The molecule has 0 unspecified atom stereocenters. The van der Waals surface area contributed by atoms with Crippen molar-refractivity contribution < 1.29 is 0 Å². The van der Waals surface area contributed by atoms with Gasteiger partial charge in [0.25, 0.3) is 0 Å². The second-order valence-electron chi connectivity index (χ2n) is 13.8. The molecule has 0 fully saturated rings. The number of aromatic nitrogens is 1. The maximum Gasteiger partial charge on any atom is 0.0541 e. The fraction of sp³-hybridized carbons (Fsp3) is 0. The number of rotatable bonds is 7. The Morgan fingerprint density at radius 2 is 0.778 bits per heavy atom. The lowest BCUT2D eigenvalue weighted by molar-refractivity contribution is 1.17. The van der Waals surface area contributed by atoms with E-state index in [1.165, 1.54) is 66.0 Å². The van der Waals surface area contributed by atoms with Crippen LogP contribution in [0.1, 0.15) is 0 Å². The fourth-order valence-electron chi connectivity index (χ4n) is 7.92. The van der Waals surface area contributed by atoms with Crippen LogP contribution in [0.4, 0.5) is 17.1 Å². The van der Waals surface area contributed by atoms with Gasteiger partial charge in [-0.2, -0.15) is 0 Å². The summed E-state index contributed by atoms with van der Waals surface area (Å²) in [7, 11) is 0. The lowest BCUT2D eigenvalue weighted by Crippen LogP contribution is -2.10. The van der Waals surface area contributed by atoms with Gasteiger partial charge >= 0.3 is 0 Å². The number of fused-ring (bicyclic) bond motifs is 4. The van der Waals surface area contributed by atoms with E-state index in [4.69, 9.17) is 0 Å². The standard InChI is InChI=1S/C52H36N2/c1-2-13-37(14-3-1)43-19-11-20-46(35-43)53(47-21-12-22-48(36-47)54-51-25-8-6-23-49(51)50-24-7-9-26-52(50)54)45-31-29-39(30-32-45)41-17-10-18-42(33-41)44-28-27-38-15-4-5-16-40(38)34-44/h1-36H. The van der Waals surface area contributed by atoms with E-state index in [0.29, 0.717) is 0 Å². The average molecular weight is 689 g/mol. The van der Waals surface area contributed by atoms with Crippen molar-refractivity contribution >= 4 is 49.6 Å². The molecule has 1 aromatic heterocycles. The van der Waals surface area contributed by atoms with E-state index >= 15 is 0 Å². The van der Waals surface area contributed by atoms with Gasteiger partial charge < -0.3 is 9.47 Å². The molecule has 2 heteroatoms. The molecule has 0 N–H and O–H groups in total. The molecule has 0 amide bonds. The molecule has 0 aliphatic rings. The summed E-state index contributed by atoms with van der Waals surface area (Å²) in [5, 5.41) is 5.02. The van der Waals surface area contributed by atoms with Crippen molar-refractivity contribution in [2.75, 3.05) is 4.90 Å². The Labute approximate surface area is 315 Å². The summed E-state index contributed by atoms with van der Waals surface area (Å²) in [6.07, 6.45) is 0. The van der Waals surface area contributed by atoms with E-state index in [1.807, 2.05) is 0 Å². The van der Waals surface area contributed by atoms with E-state index in [-0.39, 0.29) is 0 Å². The summed E-state index contributed by atoms with van der Waals surface area (Å²) in [6.45, 7) is 0. The maximum atomic E-state index is 2.39. The molecule has 9 aromatic carbocycles. The fourth-order valence-corrected chi connectivity index (χ4v) is 7.92. The van der Waals surface area contributed by atoms with E-state index in [9.17, 15) is 0 Å². The Bertz CT molecular complexity index is 2880. The molecule has 0 bridgehead atoms. The predicted molar refractivity (Wildman–Crippen MR) is 229 cm³/mol. The molecule has 254 valence electrons. The van der Waals surface area contributed by atoms with Gasteiger partial charge in [0.2, 0.25) is 0 Å². The predicted octanol–water partition coefficient (Wildman–Crippen LogP) is 14.4. The van der Waals surface area contributed by atoms with Crippen molar-refractivity contribution in [3.05, 3.63) is 218 Å². The number of nitrogens with zero attached hydrogens (tertiary/aromatic N) is 2. The van der Waals surface area contributed by atoms with Gasteiger partial charge in [0.15, 0.2) is 0 Å². The number of anilines is 3. The Hall–Kier alpha value is -7.16. The molecule has 0 radical (unpaired) electrons. The second-order valence-corrected chi connectivity index (χ2v) is 13.8. The largest absolute Gasteiger partial charge is 0.310 e. The molecule has 0 saturated carbocycles. The highest BCUT2D eigenvalue weighted by atomic mass is 15.1. The normalized spacial score (nSPS) is 11.3. The first-order chi connectivity index (χ1) is 26.8. The minimum Gasteiger partial charge on any atom is -0.310 e. The van der Waals surface area contributed by atoms with E-state index < -0.39 is 0 Å². The van der Waals surface area contributed by atoms with Crippen LogP contribution in [0.15, 0.2) is 218 Å². The first-order valence-corrected chi connectivity index (χ1v) is 18.5. The summed E-state index contributed by atoms with van der Waals surface area (Å²) in [4.78, 5) is 2.37. The SMILES string of the molecule is c1ccc(-c2cccc(N(c3ccc(-c4cccc(-c5ccc6ccccc6c5)c4)cc3)c3cccc(-n4c5ccccc5c5ccccc54)c3)c2)cc1. The van der Waals surface area contributed by atoms with Crippen LogP contribution < -0.4 is 4.90 Å². The van der Waals surface area contributed by atoms with Crippen molar-refractivity contribution in [1.29, 1.82) is 0 Å². The van der Waals surface area contributed by atoms with Gasteiger partial charge in [-0.3, -0.25) is 0 Å². The number of para-hydroxylation sites is 2. The summed E-state index contributed by atoms with van der Waals surface area (Å²) >= 11 is 0. The Morgan fingerprint density at radius 3 is 1.52 bits per heavy atom. The quantitative estimate of drug-likeness (QED) is 0.162.